The number of rotatable bonds is 5. The molecule has 1 aliphatic heterocycles. The van der Waals surface area contributed by atoms with Crippen LogP contribution < -0.4 is 10.6 Å². The number of nitrogens with one attached hydrogen (secondary N) is 2. The van der Waals surface area contributed by atoms with Gasteiger partial charge in [0.25, 0.3) is 0 Å². The van der Waals surface area contributed by atoms with Crippen molar-refractivity contribution in [3.63, 3.8) is 0 Å². The average molecular weight is 202 g/mol. The Balaban J connectivity index is 2.03. The highest BCUT2D eigenvalue weighted by molar-refractivity contribution is 7.98. The van der Waals surface area contributed by atoms with E-state index < -0.39 is 0 Å². The Morgan fingerprint density at radius 3 is 2.77 bits per heavy atom. The minimum atomic E-state index is 0.671. The first-order chi connectivity index (χ1) is 6.33. The maximum absolute atomic E-state index is 3.60. The zero-order valence-electron chi connectivity index (χ0n) is 8.81. The lowest BCUT2D eigenvalue weighted by Crippen LogP contribution is -2.37. The second kappa shape index (κ2) is 6.68. The van der Waals surface area contributed by atoms with Crippen LogP contribution in [0.2, 0.25) is 0 Å². The van der Waals surface area contributed by atoms with Gasteiger partial charge in [0.2, 0.25) is 0 Å². The average Bonchev–Trinajstić information content (AvgIpc) is 2.17. The first-order valence-electron chi connectivity index (χ1n) is 5.26. The molecule has 0 aromatic rings. The topological polar surface area (TPSA) is 24.1 Å². The molecule has 78 valence electrons. The van der Waals surface area contributed by atoms with Crippen molar-refractivity contribution < 1.29 is 0 Å². The van der Waals surface area contributed by atoms with Crippen LogP contribution >= 0.6 is 11.8 Å². The minimum Gasteiger partial charge on any atom is -0.317 e. The second-order valence-corrected chi connectivity index (χ2v) is 4.87. The third-order valence-electron chi connectivity index (χ3n) is 2.63. The van der Waals surface area contributed by atoms with Gasteiger partial charge in [0.1, 0.15) is 0 Å². The van der Waals surface area contributed by atoms with Gasteiger partial charge in [-0.1, -0.05) is 0 Å². The summed E-state index contributed by atoms with van der Waals surface area (Å²) in [5, 5.41) is 7.00. The van der Waals surface area contributed by atoms with Gasteiger partial charge in [-0.25, -0.2) is 0 Å². The molecule has 1 atom stereocenters. The summed E-state index contributed by atoms with van der Waals surface area (Å²) in [5.41, 5.74) is 0. The van der Waals surface area contributed by atoms with E-state index in [2.05, 4.69) is 23.8 Å². The molecule has 0 saturated carbocycles. The van der Waals surface area contributed by atoms with E-state index in [0.29, 0.717) is 6.04 Å². The highest BCUT2D eigenvalue weighted by Gasteiger charge is 2.13. The summed E-state index contributed by atoms with van der Waals surface area (Å²) in [5.74, 6) is 2.14. The minimum absolute atomic E-state index is 0.671. The maximum atomic E-state index is 3.60. The Labute approximate surface area is 86.2 Å². The van der Waals surface area contributed by atoms with E-state index in [-0.39, 0.29) is 0 Å². The number of hydrogen-bond acceptors (Lipinski definition) is 3. The summed E-state index contributed by atoms with van der Waals surface area (Å²) >= 11 is 1.92. The molecule has 0 bridgehead atoms. The lowest BCUT2D eigenvalue weighted by molar-refractivity contribution is 0.348. The summed E-state index contributed by atoms with van der Waals surface area (Å²) in [6, 6.07) is 0.671. The monoisotopic (exact) mass is 202 g/mol. The summed E-state index contributed by atoms with van der Waals surface area (Å²) in [6.45, 7) is 5.91. The molecule has 0 aliphatic carbocycles. The van der Waals surface area contributed by atoms with Crippen molar-refractivity contribution in [2.24, 2.45) is 5.92 Å². The van der Waals surface area contributed by atoms with Crippen molar-refractivity contribution in [2.75, 3.05) is 31.6 Å². The van der Waals surface area contributed by atoms with Gasteiger partial charge in [0.15, 0.2) is 0 Å². The Kier molecular flexibility index (Phi) is 5.83. The van der Waals surface area contributed by atoms with E-state index in [1.54, 1.807) is 0 Å². The van der Waals surface area contributed by atoms with E-state index in [4.69, 9.17) is 0 Å². The van der Waals surface area contributed by atoms with Crippen LogP contribution in [0, 0.1) is 5.92 Å². The standard InChI is InChI=1S/C10H22N2S/c1-9(8-13-2)12-7-10-3-5-11-6-4-10/h9-12H,3-8H2,1-2H3. The molecule has 13 heavy (non-hydrogen) atoms. The van der Waals surface area contributed by atoms with Gasteiger partial charge in [-0.2, -0.15) is 11.8 Å². The van der Waals surface area contributed by atoms with E-state index in [9.17, 15) is 0 Å². The predicted molar refractivity (Wildman–Crippen MR) is 61.4 cm³/mol. The van der Waals surface area contributed by atoms with E-state index in [1.165, 1.54) is 38.2 Å². The summed E-state index contributed by atoms with van der Waals surface area (Å²) < 4.78 is 0. The Hall–Kier alpha value is 0.270. The summed E-state index contributed by atoms with van der Waals surface area (Å²) in [4.78, 5) is 0. The Morgan fingerprint density at radius 2 is 2.15 bits per heavy atom. The molecule has 1 unspecified atom stereocenters. The molecule has 1 aliphatic rings. The van der Waals surface area contributed by atoms with Gasteiger partial charge in [0, 0.05) is 11.8 Å². The third-order valence-corrected chi connectivity index (χ3v) is 3.46. The lowest BCUT2D eigenvalue weighted by atomic mass is 9.98. The van der Waals surface area contributed by atoms with Crippen LogP contribution in [-0.4, -0.2) is 37.7 Å². The fourth-order valence-electron chi connectivity index (χ4n) is 1.76. The Bertz CT molecular complexity index is 124. The molecule has 1 heterocycles. The third kappa shape index (κ3) is 4.89. The number of thioether (sulfide) groups is 1. The van der Waals surface area contributed by atoms with Crippen LogP contribution in [-0.2, 0) is 0 Å². The van der Waals surface area contributed by atoms with Crippen molar-refractivity contribution in [2.45, 2.75) is 25.8 Å². The lowest BCUT2D eigenvalue weighted by Gasteiger charge is -2.24. The van der Waals surface area contributed by atoms with Gasteiger partial charge in [0.05, 0.1) is 0 Å². The van der Waals surface area contributed by atoms with E-state index >= 15 is 0 Å². The normalized spacial score (nSPS) is 21.7. The van der Waals surface area contributed by atoms with Crippen molar-refractivity contribution in [1.29, 1.82) is 0 Å². The molecule has 0 aromatic heterocycles. The van der Waals surface area contributed by atoms with Gasteiger partial charge in [-0.3, -0.25) is 0 Å². The van der Waals surface area contributed by atoms with Crippen molar-refractivity contribution in [1.82, 2.24) is 10.6 Å². The number of hydrogen-bond donors (Lipinski definition) is 2. The fourth-order valence-corrected chi connectivity index (χ4v) is 2.38. The van der Waals surface area contributed by atoms with Gasteiger partial charge in [-0.15, -0.1) is 0 Å². The molecule has 0 radical (unpaired) electrons. The molecule has 2 nitrogen and oxygen atoms in total. The second-order valence-electron chi connectivity index (χ2n) is 3.96. The molecular weight excluding hydrogens is 180 g/mol. The fraction of sp³-hybridized carbons (Fsp3) is 1.00. The molecule has 0 aromatic carbocycles. The van der Waals surface area contributed by atoms with Crippen LogP contribution in [0.25, 0.3) is 0 Å². The van der Waals surface area contributed by atoms with Crippen LogP contribution in [0.1, 0.15) is 19.8 Å². The smallest absolute Gasteiger partial charge is 0.0129 e. The molecule has 1 saturated heterocycles. The Morgan fingerprint density at radius 1 is 1.46 bits per heavy atom. The highest BCUT2D eigenvalue weighted by Crippen LogP contribution is 2.10. The molecule has 1 fully saturated rings. The zero-order valence-corrected chi connectivity index (χ0v) is 9.62. The van der Waals surface area contributed by atoms with Crippen molar-refractivity contribution in [3.8, 4) is 0 Å². The van der Waals surface area contributed by atoms with Crippen molar-refractivity contribution in [3.05, 3.63) is 0 Å². The molecular formula is C10H22N2S. The van der Waals surface area contributed by atoms with Crippen LogP contribution in [0.4, 0.5) is 0 Å². The predicted octanol–water partition coefficient (Wildman–Crippen LogP) is 1.33. The van der Waals surface area contributed by atoms with E-state index in [1.807, 2.05) is 11.8 Å². The van der Waals surface area contributed by atoms with Crippen LogP contribution in [0.15, 0.2) is 0 Å². The quantitative estimate of drug-likeness (QED) is 0.703. The molecule has 0 amide bonds. The SMILES string of the molecule is CSCC(C)NCC1CCNCC1. The molecule has 1 rings (SSSR count). The van der Waals surface area contributed by atoms with Crippen LogP contribution in [0.5, 0.6) is 0 Å². The van der Waals surface area contributed by atoms with Gasteiger partial charge < -0.3 is 10.6 Å². The molecule has 3 heteroatoms. The van der Waals surface area contributed by atoms with Gasteiger partial charge in [-0.05, 0) is 51.6 Å². The molecule has 0 spiro atoms. The summed E-state index contributed by atoms with van der Waals surface area (Å²) in [7, 11) is 0. The van der Waals surface area contributed by atoms with Gasteiger partial charge >= 0.3 is 0 Å². The number of piperidine rings is 1. The maximum Gasteiger partial charge on any atom is 0.0129 e. The highest BCUT2D eigenvalue weighted by atomic mass is 32.2. The molecule has 2 N–H and O–H groups in total. The van der Waals surface area contributed by atoms with Crippen molar-refractivity contribution >= 4 is 11.8 Å². The zero-order chi connectivity index (χ0) is 9.52. The first-order valence-corrected chi connectivity index (χ1v) is 6.65. The van der Waals surface area contributed by atoms with E-state index in [0.717, 1.165) is 5.92 Å². The van der Waals surface area contributed by atoms with Crippen LogP contribution in [0.3, 0.4) is 0 Å². The summed E-state index contributed by atoms with van der Waals surface area (Å²) in [6.07, 6.45) is 4.86. The largest absolute Gasteiger partial charge is 0.317 e. The first kappa shape index (κ1) is 11.3.